The summed E-state index contributed by atoms with van der Waals surface area (Å²) >= 11 is 0. The van der Waals surface area contributed by atoms with Crippen LogP contribution in [0.15, 0.2) is 42.5 Å². The van der Waals surface area contributed by atoms with E-state index in [2.05, 4.69) is 0 Å². The minimum Gasteiger partial charge on any atom is -0.452 e. The maximum Gasteiger partial charge on any atom is 0.341 e. The summed E-state index contributed by atoms with van der Waals surface area (Å²) in [7, 11) is 0. The third kappa shape index (κ3) is 4.51. The molecule has 2 aromatic carbocycles. The van der Waals surface area contributed by atoms with Crippen molar-refractivity contribution in [3.63, 3.8) is 0 Å². The number of esters is 1. The van der Waals surface area contributed by atoms with Crippen LogP contribution in [0.4, 0.5) is 17.1 Å². The number of fused-ring (bicyclic) bond motifs is 1. The van der Waals surface area contributed by atoms with E-state index in [1.807, 2.05) is 29.2 Å². The van der Waals surface area contributed by atoms with Gasteiger partial charge in [-0.15, -0.1) is 0 Å². The summed E-state index contributed by atoms with van der Waals surface area (Å²) in [5, 5.41) is 11.2. The van der Waals surface area contributed by atoms with Crippen LogP contribution in [0.2, 0.25) is 0 Å². The van der Waals surface area contributed by atoms with Crippen molar-refractivity contribution in [2.75, 3.05) is 49.3 Å². The van der Waals surface area contributed by atoms with Gasteiger partial charge < -0.3 is 19.3 Å². The van der Waals surface area contributed by atoms with E-state index >= 15 is 0 Å². The van der Waals surface area contributed by atoms with Crippen LogP contribution in [0.5, 0.6) is 0 Å². The molecule has 0 N–H and O–H groups in total. The number of morpholine rings is 1. The van der Waals surface area contributed by atoms with Crippen molar-refractivity contribution >= 4 is 28.9 Å². The zero-order valence-electron chi connectivity index (χ0n) is 17.0. The Morgan fingerprint density at radius 1 is 1.06 bits per heavy atom. The summed E-state index contributed by atoms with van der Waals surface area (Å²) < 4.78 is 10.7. The molecule has 2 aliphatic rings. The first kappa shape index (κ1) is 20.8. The Balaban J connectivity index is 1.51. The van der Waals surface area contributed by atoms with Gasteiger partial charge in [-0.25, -0.2) is 4.79 Å². The van der Waals surface area contributed by atoms with Gasteiger partial charge in [0.1, 0.15) is 0 Å². The highest BCUT2D eigenvalue weighted by atomic mass is 16.6. The van der Waals surface area contributed by atoms with E-state index in [0.717, 1.165) is 24.1 Å². The van der Waals surface area contributed by atoms with Crippen molar-refractivity contribution in [1.82, 2.24) is 0 Å². The Bertz CT molecular complexity index is 1000. The number of non-ortho nitro benzene ring substituents is 1. The van der Waals surface area contributed by atoms with Crippen LogP contribution in [0.25, 0.3) is 0 Å². The van der Waals surface area contributed by atoms with E-state index in [0.29, 0.717) is 38.5 Å². The molecule has 9 heteroatoms. The van der Waals surface area contributed by atoms with Crippen LogP contribution < -0.4 is 9.80 Å². The van der Waals surface area contributed by atoms with Crippen molar-refractivity contribution in [2.24, 2.45) is 0 Å². The largest absolute Gasteiger partial charge is 0.452 e. The standard InChI is InChI=1S/C22H23N3O6/c26-21(24-9-3-5-16-4-1-2-6-19(16)24)15-31-22(27)18-14-17(25(28)29)7-8-20(18)23-10-12-30-13-11-23/h1-2,4,6-8,14H,3,5,9-13,15H2. The number of rotatable bonds is 5. The van der Waals surface area contributed by atoms with E-state index in [4.69, 9.17) is 9.47 Å². The molecule has 0 saturated carbocycles. The van der Waals surface area contributed by atoms with Crippen molar-refractivity contribution in [2.45, 2.75) is 12.8 Å². The number of benzene rings is 2. The predicted molar refractivity (Wildman–Crippen MR) is 114 cm³/mol. The molecule has 0 spiro atoms. The monoisotopic (exact) mass is 425 g/mol. The Hall–Kier alpha value is -3.46. The fraction of sp³-hybridized carbons (Fsp3) is 0.364. The number of aryl methyl sites for hydroxylation is 1. The molecule has 2 heterocycles. The SMILES string of the molecule is O=C(OCC(=O)N1CCCc2ccccc21)c1cc([N+](=O)[O-])ccc1N1CCOCC1. The summed E-state index contributed by atoms with van der Waals surface area (Å²) in [6.07, 6.45) is 1.74. The third-order valence-electron chi connectivity index (χ3n) is 5.50. The molecule has 0 atom stereocenters. The molecule has 2 aliphatic heterocycles. The predicted octanol–water partition coefficient (Wildman–Crippen LogP) is 2.57. The van der Waals surface area contributed by atoms with Crippen LogP contribution in [0, 0.1) is 10.1 Å². The lowest BCUT2D eigenvalue weighted by Crippen LogP contribution is -2.39. The number of nitrogens with zero attached hydrogens (tertiary/aromatic N) is 3. The van der Waals surface area contributed by atoms with Gasteiger partial charge in [-0.2, -0.15) is 0 Å². The molecule has 162 valence electrons. The number of ether oxygens (including phenoxy) is 2. The average Bonchev–Trinajstić information content (AvgIpc) is 2.82. The molecule has 9 nitrogen and oxygen atoms in total. The van der Waals surface area contributed by atoms with E-state index in [9.17, 15) is 19.7 Å². The van der Waals surface area contributed by atoms with Crippen LogP contribution in [0.3, 0.4) is 0 Å². The van der Waals surface area contributed by atoms with Crippen molar-refractivity contribution in [3.05, 3.63) is 63.7 Å². The molecule has 0 aliphatic carbocycles. The maximum absolute atomic E-state index is 12.8. The maximum atomic E-state index is 12.8. The lowest BCUT2D eigenvalue weighted by atomic mass is 10.0. The average molecular weight is 425 g/mol. The second-order valence-corrected chi connectivity index (χ2v) is 7.41. The van der Waals surface area contributed by atoms with Gasteiger partial charge in [-0.3, -0.25) is 14.9 Å². The van der Waals surface area contributed by atoms with Gasteiger partial charge in [0.15, 0.2) is 6.61 Å². The number of nitro groups is 1. The van der Waals surface area contributed by atoms with Gasteiger partial charge in [0, 0.05) is 37.5 Å². The highest BCUT2D eigenvalue weighted by Gasteiger charge is 2.26. The first-order chi connectivity index (χ1) is 15.0. The second kappa shape index (κ2) is 9.13. The molecule has 2 aromatic rings. The summed E-state index contributed by atoms with van der Waals surface area (Å²) in [6.45, 7) is 2.24. The van der Waals surface area contributed by atoms with Crippen LogP contribution in [-0.4, -0.2) is 56.3 Å². The van der Waals surface area contributed by atoms with Crippen LogP contribution >= 0.6 is 0 Å². The Morgan fingerprint density at radius 3 is 2.61 bits per heavy atom. The highest BCUT2D eigenvalue weighted by Crippen LogP contribution is 2.28. The second-order valence-electron chi connectivity index (χ2n) is 7.41. The minimum atomic E-state index is -0.760. The molecular weight excluding hydrogens is 402 g/mol. The molecule has 0 aromatic heterocycles. The minimum absolute atomic E-state index is 0.0722. The van der Waals surface area contributed by atoms with Gasteiger partial charge in [0.25, 0.3) is 11.6 Å². The first-order valence-electron chi connectivity index (χ1n) is 10.2. The van der Waals surface area contributed by atoms with E-state index in [1.54, 1.807) is 11.0 Å². The van der Waals surface area contributed by atoms with E-state index < -0.39 is 17.5 Å². The zero-order chi connectivity index (χ0) is 21.8. The molecule has 0 bridgehead atoms. The van der Waals surface area contributed by atoms with Crippen LogP contribution in [0.1, 0.15) is 22.3 Å². The van der Waals surface area contributed by atoms with Crippen molar-refractivity contribution < 1.29 is 24.0 Å². The summed E-state index contributed by atoms with van der Waals surface area (Å²) in [4.78, 5) is 39.8. The number of nitro benzene ring substituents is 1. The van der Waals surface area contributed by atoms with Crippen LogP contribution in [-0.2, 0) is 20.7 Å². The van der Waals surface area contributed by atoms with Gasteiger partial charge in [0.05, 0.1) is 29.4 Å². The summed E-state index contributed by atoms with van der Waals surface area (Å²) in [5.74, 6) is -1.08. The van der Waals surface area contributed by atoms with Crippen molar-refractivity contribution in [1.29, 1.82) is 0 Å². The molecule has 1 fully saturated rings. The van der Waals surface area contributed by atoms with Gasteiger partial charge >= 0.3 is 5.97 Å². The topological polar surface area (TPSA) is 102 Å². The molecule has 1 amide bonds. The van der Waals surface area contributed by atoms with Crippen molar-refractivity contribution in [3.8, 4) is 0 Å². The number of anilines is 2. The Morgan fingerprint density at radius 2 is 1.84 bits per heavy atom. The molecule has 31 heavy (non-hydrogen) atoms. The summed E-state index contributed by atoms with van der Waals surface area (Å²) in [6, 6.07) is 11.8. The fourth-order valence-corrected chi connectivity index (χ4v) is 3.96. The fourth-order valence-electron chi connectivity index (χ4n) is 3.96. The Labute approximate surface area is 179 Å². The van der Waals surface area contributed by atoms with Gasteiger partial charge in [-0.1, -0.05) is 18.2 Å². The molecular formula is C22H23N3O6. The number of para-hydroxylation sites is 1. The normalized spacial score (nSPS) is 15.9. The number of hydrogen-bond donors (Lipinski definition) is 0. The number of hydrogen-bond acceptors (Lipinski definition) is 7. The number of carbonyl (C=O) groups excluding carboxylic acids is 2. The molecule has 0 unspecified atom stereocenters. The molecule has 1 saturated heterocycles. The van der Waals surface area contributed by atoms with Gasteiger partial charge in [-0.05, 0) is 30.5 Å². The Kier molecular flexibility index (Phi) is 6.13. The number of amides is 1. The van der Waals surface area contributed by atoms with E-state index in [-0.39, 0.29) is 17.2 Å². The molecule has 4 rings (SSSR count). The first-order valence-corrected chi connectivity index (χ1v) is 10.2. The van der Waals surface area contributed by atoms with Gasteiger partial charge in [0.2, 0.25) is 0 Å². The number of carbonyl (C=O) groups is 2. The third-order valence-corrected chi connectivity index (χ3v) is 5.50. The van der Waals surface area contributed by atoms with E-state index in [1.165, 1.54) is 12.1 Å². The smallest absolute Gasteiger partial charge is 0.341 e. The zero-order valence-corrected chi connectivity index (χ0v) is 17.0. The lowest BCUT2D eigenvalue weighted by Gasteiger charge is -2.30. The molecule has 0 radical (unpaired) electrons. The lowest BCUT2D eigenvalue weighted by molar-refractivity contribution is -0.384. The quantitative estimate of drug-likeness (QED) is 0.412. The summed E-state index contributed by atoms with van der Waals surface area (Å²) in [5.41, 5.74) is 2.32. The highest BCUT2D eigenvalue weighted by molar-refractivity contribution is 6.00.